The number of aliphatic imine (C=N–C) groups is 1. The van der Waals surface area contributed by atoms with Gasteiger partial charge in [-0.1, -0.05) is 12.2 Å². The summed E-state index contributed by atoms with van der Waals surface area (Å²) in [5.41, 5.74) is 8.18. The SMILES string of the molecule is CC=CCCC(C)=C1C(N)=NC=CN1C. The van der Waals surface area contributed by atoms with Gasteiger partial charge < -0.3 is 10.6 Å². The van der Waals surface area contributed by atoms with Crippen LogP contribution in [0.25, 0.3) is 0 Å². The first kappa shape index (κ1) is 11.6. The molecule has 0 atom stereocenters. The molecule has 0 bridgehead atoms. The number of rotatable bonds is 3. The molecule has 0 unspecified atom stereocenters. The van der Waals surface area contributed by atoms with Crippen molar-refractivity contribution < 1.29 is 0 Å². The Hall–Kier alpha value is -1.51. The summed E-state index contributed by atoms with van der Waals surface area (Å²) >= 11 is 0. The molecule has 2 N–H and O–H groups in total. The van der Waals surface area contributed by atoms with Crippen LogP contribution in [-0.4, -0.2) is 17.8 Å². The maximum atomic E-state index is 5.86. The van der Waals surface area contributed by atoms with Crippen LogP contribution in [0.2, 0.25) is 0 Å². The molecule has 0 aromatic carbocycles. The first-order valence-corrected chi connectivity index (χ1v) is 5.21. The predicted molar refractivity (Wildman–Crippen MR) is 65.3 cm³/mol. The molecule has 15 heavy (non-hydrogen) atoms. The van der Waals surface area contributed by atoms with Crippen molar-refractivity contribution in [2.24, 2.45) is 10.7 Å². The molecule has 1 heterocycles. The Morgan fingerprint density at radius 2 is 2.33 bits per heavy atom. The van der Waals surface area contributed by atoms with Gasteiger partial charge in [-0.25, -0.2) is 4.99 Å². The number of nitrogens with two attached hydrogens (primary N) is 1. The van der Waals surface area contributed by atoms with E-state index in [2.05, 4.69) is 24.1 Å². The number of likely N-dealkylation sites (N-methyl/N-ethyl adjacent to an activating group) is 1. The van der Waals surface area contributed by atoms with E-state index >= 15 is 0 Å². The third-order valence-electron chi connectivity index (χ3n) is 2.43. The van der Waals surface area contributed by atoms with Crippen molar-refractivity contribution in [1.82, 2.24) is 4.90 Å². The Balaban J connectivity index is 2.78. The molecule has 0 aliphatic carbocycles. The Morgan fingerprint density at radius 3 is 2.93 bits per heavy atom. The lowest BCUT2D eigenvalue weighted by atomic mass is 10.1. The van der Waals surface area contributed by atoms with Gasteiger partial charge in [0.15, 0.2) is 0 Å². The van der Waals surface area contributed by atoms with Crippen LogP contribution in [0.15, 0.2) is 40.8 Å². The average Bonchev–Trinajstić information content (AvgIpc) is 2.18. The molecule has 0 aromatic heterocycles. The first-order chi connectivity index (χ1) is 7.16. The van der Waals surface area contributed by atoms with E-state index in [1.807, 2.05) is 25.1 Å². The Labute approximate surface area is 91.7 Å². The van der Waals surface area contributed by atoms with E-state index in [9.17, 15) is 0 Å². The quantitative estimate of drug-likeness (QED) is 0.719. The maximum Gasteiger partial charge on any atom is 0.147 e. The van der Waals surface area contributed by atoms with E-state index in [-0.39, 0.29) is 0 Å². The highest BCUT2D eigenvalue weighted by atomic mass is 15.1. The zero-order chi connectivity index (χ0) is 11.3. The van der Waals surface area contributed by atoms with E-state index in [0.29, 0.717) is 5.84 Å². The smallest absolute Gasteiger partial charge is 0.147 e. The minimum atomic E-state index is 0.609. The number of amidine groups is 1. The van der Waals surface area contributed by atoms with E-state index in [0.717, 1.165) is 18.5 Å². The fraction of sp³-hybridized carbons (Fsp3) is 0.417. The number of hydrogen-bond acceptors (Lipinski definition) is 3. The molecule has 82 valence electrons. The summed E-state index contributed by atoms with van der Waals surface area (Å²) in [6.45, 7) is 4.14. The summed E-state index contributed by atoms with van der Waals surface area (Å²) in [5, 5.41) is 0. The lowest BCUT2D eigenvalue weighted by Gasteiger charge is -2.23. The first-order valence-electron chi connectivity index (χ1n) is 5.21. The van der Waals surface area contributed by atoms with Gasteiger partial charge >= 0.3 is 0 Å². The van der Waals surface area contributed by atoms with Crippen molar-refractivity contribution in [2.45, 2.75) is 26.7 Å². The molecule has 1 aliphatic rings. The fourth-order valence-corrected chi connectivity index (χ4v) is 1.63. The van der Waals surface area contributed by atoms with Crippen LogP contribution in [0.5, 0.6) is 0 Å². The molecule has 0 saturated carbocycles. The van der Waals surface area contributed by atoms with Crippen LogP contribution in [0.4, 0.5) is 0 Å². The monoisotopic (exact) mass is 205 g/mol. The van der Waals surface area contributed by atoms with Gasteiger partial charge in [0.05, 0.1) is 5.70 Å². The van der Waals surface area contributed by atoms with Crippen LogP contribution in [0.3, 0.4) is 0 Å². The number of nitrogens with zero attached hydrogens (tertiary/aromatic N) is 2. The molecule has 0 radical (unpaired) electrons. The second-order valence-electron chi connectivity index (χ2n) is 3.66. The summed E-state index contributed by atoms with van der Waals surface area (Å²) in [6, 6.07) is 0. The van der Waals surface area contributed by atoms with Gasteiger partial charge in [0.2, 0.25) is 0 Å². The highest BCUT2D eigenvalue weighted by molar-refractivity contribution is 5.98. The van der Waals surface area contributed by atoms with Crippen molar-refractivity contribution in [3.8, 4) is 0 Å². The summed E-state index contributed by atoms with van der Waals surface area (Å²) in [6.07, 6.45) is 9.95. The molecule has 0 aromatic rings. The van der Waals surface area contributed by atoms with Gasteiger partial charge in [-0.05, 0) is 32.3 Å². The minimum absolute atomic E-state index is 0.609. The van der Waals surface area contributed by atoms with Crippen molar-refractivity contribution in [2.75, 3.05) is 7.05 Å². The van der Waals surface area contributed by atoms with Crippen LogP contribution >= 0.6 is 0 Å². The molecule has 0 spiro atoms. The second-order valence-corrected chi connectivity index (χ2v) is 3.66. The molecule has 1 aliphatic heterocycles. The van der Waals surface area contributed by atoms with Gasteiger partial charge in [0, 0.05) is 19.4 Å². The molecule has 1 rings (SSSR count). The molecular weight excluding hydrogens is 186 g/mol. The van der Waals surface area contributed by atoms with Crippen molar-refractivity contribution in [3.05, 3.63) is 35.8 Å². The predicted octanol–water partition coefficient (Wildman–Crippen LogP) is 2.39. The molecule has 0 saturated heterocycles. The summed E-state index contributed by atoms with van der Waals surface area (Å²) < 4.78 is 0. The zero-order valence-corrected chi connectivity index (χ0v) is 9.70. The number of allylic oxidation sites excluding steroid dienone is 3. The Morgan fingerprint density at radius 1 is 1.60 bits per heavy atom. The highest BCUT2D eigenvalue weighted by Gasteiger charge is 2.12. The van der Waals surface area contributed by atoms with E-state index in [4.69, 9.17) is 5.73 Å². The van der Waals surface area contributed by atoms with Gasteiger partial charge in [0.25, 0.3) is 0 Å². The van der Waals surface area contributed by atoms with Gasteiger partial charge in [-0.15, -0.1) is 0 Å². The lowest BCUT2D eigenvalue weighted by molar-refractivity contribution is 0.577. The molecule has 0 amide bonds. The van der Waals surface area contributed by atoms with Gasteiger partial charge in [0.1, 0.15) is 5.84 Å². The third-order valence-corrected chi connectivity index (χ3v) is 2.43. The number of hydrogen-bond donors (Lipinski definition) is 1. The highest BCUT2D eigenvalue weighted by Crippen LogP contribution is 2.17. The van der Waals surface area contributed by atoms with Crippen molar-refractivity contribution in [1.29, 1.82) is 0 Å². The Kier molecular flexibility index (Phi) is 4.16. The second kappa shape index (κ2) is 5.39. The van der Waals surface area contributed by atoms with Crippen LogP contribution < -0.4 is 5.73 Å². The summed E-state index contributed by atoms with van der Waals surface area (Å²) in [7, 11) is 1.99. The summed E-state index contributed by atoms with van der Waals surface area (Å²) in [4.78, 5) is 6.13. The normalized spacial score (nSPS) is 19.7. The van der Waals surface area contributed by atoms with Crippen LogP contribution in [0.1, 0.15) is 26.7 Å². The lowest BCUT2D eigenvalue weighted by Crippen LogP contribution is -2.28. The van der Waals surface area contributed by atoms with Crippen LogP contribution in [0, 0.1) is 0 Å². The Bertz CT molecular complexity index is 335. The van der Waals surface area contributed by atoms with E-state index in [1.165, 1.54) is 5.57 Å². The molecule has 0 fully saturated rings. The largest absolute Gasteiger partial charge is 0.382 e. The molecule has 3 nitrogen and oxygen atoms in total. The average molecular weight is 205 g/mol. The fourth-order valence-electron chi connectivity index (χ4n) is 1.63. The zero-order valence-electron chi connectivity index (χ0n) is 9.70. The summed E-state index contributed by atoms with van der Waals surface area (Å²) in [5.74, 6) is 0.609. The molecule has 3 heteroatoms. The van der Waals surface area contributed by atoms with Crippen molar-refractivity contribution >= 4 is 5.84 Å². The van der Waals surface area contributed by atoms with Gasteiger partial charge in [-0.2, -0.15) is 0 Å². The van der Waals surface area contributed by atoms with Gasteiger partial charge in [-0.3, -0.25) is 0 Å². The molecular formula is C12H19N3. The maximum absolute atomic E-state index is 5.86. The van der Waals surface area contributed by atoms with E-state index in [1.54, 1.807) is 6.20 Å². The standard InChI is InChI=1S/C12H19N3/c1-4-5-6-7-10(2)11-12(13)14-8-9-15(11)3/h4-5,8-9H,6-7H2,1-3H3,(H2,13,14). The third kappa shape index (κ3) is 2.98. The minimum Gasteiger partial charge on any atom is -0.382 e. The van der Waals surface area contributed by atoms with Crippen molar-refractivity contribution in [3.63, 3.8) is 0 Å². The topological polar surface area (TPSA) is 41.6 Å². The van der Waals surface area contributed by atoms with Crippen LogP contribution in [-0.2, 0) is 0 Å². The van der Waals surface area contributed by atoms with E-state index < -0.39 is 0 Å².